The quantitative estimate of drug-likeness (QED) is 0.0415. The molecule has 22 nitrogen and oxygen atoms in total. The number of carbonyl (C=O) groups is 7. The topological polar surface area (TPSA) is 254 Å². The molecule has 8 rings (SSSR count). The normalized spacial score (nSPS) is 18.6. The number of H-pyrrole nitrogens is 1. The van der Waals surface area contributed by atoms with Crippen molar-refractivity contribution in [2.75, 3.05) is 121 Å². The molecule has 446 valence electrons. The molecule has 0 radical (unpaired) electrons. The number of likely N-dealkylation sites (N-methyl/N-ethyl adjacent to an activating group) is 1. The molecule has 0 aliphatic carbocycles. The first kappa shape index (κ1) is 61.4. The molecule has 4 aliphatic rings. The standard InChI is InChI=1S/C57H68F4N10O12/c1-35-33-70(34-36(2)67(35)3)46-30-43(58)40(28-44(46)65-53(76)41-32-64-50(74)29-42(41)57(59,60)61)38-9-11-47(63-31-38)68-16-18-69(19-17-68)51(75)14-13-48(72)62-15-21-81-23-25-83-27-26-82-24-22-80-20-5-7-37-6-4-8-39-52(37)56(79)71(55(39)78)45-10-12-49(73)66-54(45)77/h4,6,8-9,11,28-32,35-36,45H,5,7,10,12-27,33-34H2,1-3H3,(H,62,72)(H,64,74)(H,65,76)(H,66,73,77)/t35-,36+,45?. The average Bonchev–Trinajstić information content (AvgIpc) is 3.62. The van der Waals surface area contributed by atoms with E-state index in [4.69, 9.17) is 18.9 Å². The second kappa shape index (κ2) is 28.1. The maximum absolute atomic E-state index is 16.2. The number of hydrogen-bond acceptors (Lipinski definition) is 16. The minimum absolute atomic E-state index is 0.00374. The Kier molecular flexibility index (Phi) is 20.8. The fraction of sp³-hybridized carbons (Fsp3) is 0.491. The highest BCUT2D eigenvalue weighted by atomic mass is 19.4. The van der Waals surface area contributed by atoms with E-state index in [9.17, 15) is 51.5 Å². The van der Waals surface area contributed by atoms with Gasteiger partial charge in [-0.25, -0.2) is 9.37 Å². The number of pyridine rings is 2. The van der Waals surface area contributed by atoms with Crippen molar-refractivity contribution in [1.29, 1.82) is 0 Å². The number of hydrogen-bond donors (Lipinski definition) is 4. The van der Waals surface area contributed by atoms with Gasteiger partial charge in [-0.1, -0.05) is 12.1 Å². The van der Waals surface area contributed by atoms with E-state index in [2.05, 4.69) is 30.8 Å². The molecule has 4 aromatic rings. The third-order valence-corrected chi connectivity index (χ3v) is 15.1. The van der Waals surface area contributed by atoms with Crippen LogP contribution in [-0.2, 0) is 50.7 Å². The average molecular weight is 1160 g/mol. The number of nitrogens with zero attached hydrogens (tertiary/aromatic N) is 6. The van der Waals surface area contributed by atoms with Crippen LogP contribution in [0.3, 0.4) is 0 Å². The summed E-state index contributed by atoms with van der Waals surface area (Å²) < 4.78 is 80.4. The van der Waals surface area contributed by atoms with Crippen molar-refractivity contribution in [3.63, 3.8) is 0 Å². The number of carbonyl (C=O) groups excluding carboxylic acids is 7. The second-order valence-corrected chi connectivity index (χ2v) is 20.7. The molecule has 3 atom stereocenters. The number of halogens is 4. The summed E-state index contributed by atoms with van der Waals surface area (Å²) in [6, 6.07) is 10.4. The molecular formula is C57H68F4N10O12. The van der Waals surface area contributed by atoms with E-state index in [1.165, 1.54) is 18.3 Å². The molecule has 6 heterocycles. The summed E-state index contributed by atoms with van der Waals surface area (Å²) in [5.41, 5.74) is -1.30. The van der Waals surface area contributed by atoms with E-state index in [1.807, 2.05) is 30.7 Å². The molecule has 0 bridgehead atoms. The highest BCUT2D eigenvalue weighted by molar-refractivity contribution is 6.24. The minimum atomic E-state index is -5.00. The summed E-state index contributed by atoms with van der Waals surface area (Å²) >= 11 is 0. The van der Waals surface area contributed by atoms with Gasteiger partial charge in [0, 0.05) is 113 Å². The van der Waals surface area contributed by atoms with Gasteiger partial charge in [0.05, 0.1) is 79.9 Å². The van der Waals surface area contributed by atoms with E-state index < -0.39 is 64.3 Å². The molecule has 1 unspecified atom stereocenters. The van der Waals surface area contributed by atoms with Crippen molar-refractivity contribution in [2.24, 2.45) is 0 Å². The lowest BCUT2D eigenvalue weighted by Gasteiger charge is -2.44. The SMILES string of the molecule is C[C@@H]1CN(c2cc(F)c(-c3ccc(N4CCN(C(=O)CCC(=O)NCCOCCOCCOCCOCCCc5cccc6c5C(=O)N(C5CCC(=O)NC5=O)C6=O)CC4)nc3)cc2NC(=O)c2c[nH]c(=O)cc2C(F)(F)F)C[C@H](C)N1C. The van der Waals surface area contributed by atoms with Gasteiger partial charge >= 0.3 is 6.18 Å². The van der Waals surface area contributed by atoms with E-state index in [-0.39, 0.29) is 90.8 Å². The predicted molar refractivity (Wildman–Crippen MR) is 294 cm³/mol. The molecule has 2 aromatic heterocycles. The van der Waals surface area contributed by atoms with E-state index in [0.29, 0.717) is 128 Å². The van der Waals surface area contributed by atoms with Crippen LogP contribution in [0, 0.1) is 5.82 Å². The molecule has 7 amide bonds. The zero-order chi connectivity index (χ0) is 59.4. The van der Waals surface area contributed by atoms with Crippen molar-refractivity contribution >= 4 is 58.5 Å². The number of rotatable bonds is 25. The zero-order valence-corrected chi connectivity index (χ0v) is 46.4. The molecule has 26 heteroatoms. The number of ether oxygens (including phenoxy) is 4. The summed E-state index contributed by atoms with van der Waals surface area (Å²) in [4.78, 5) is 117. The van der Waals surface area contributed by atoms with Gasteiger partial charge in [0.25, 0.3) is 17.7 Å². The van der Waals surface area contributed by atoms with Crippen LogP contribution in [0.1, 0.15) is 88.2 Å². The predicted octanol–water partition coefficient (Wildman–Crippen LogP) is 4.02. The molecule has 3 fully saturated rings. The Balaban J connectivity index is 0.678. The highest BCUT2D eigenvalue weighted by Crippen LogP contribution is 2.38. The lowest BCUT2D eigenvalue weighted by atomic mass is 9.99. The van der Waals surface area contributed by atoms with Crippen LogP contribution >= 0.6 is 0 Å². The van der Waals surface area contributed by atoms with Crippen molar-refractivity contribution in [3.8, 4) is 11.1 Å². The van der Waals surface area contributed by atoms with E-state index in [0.717, 1.165) is 4.90 Å². The number of fused-ring (bicyclic) bond motifs is 1. The first-order valence-electron chi connectivity index (χ1n) is 27.6. The van der Waals surface area contributed by atoms with Crippen molar-refractivity contribution < 1.29 is 70.1 Å². The van der Waals surface area contributed by atoms with Crippen LogP contribution < -0.4 is 31.3 Å². The number of alkyl halides is 3. The third-order valence-electron chi connectivity index (χ3n) is 15.1. The smallest absolute Gasteiger partial charge is 0.379 e. The van der Waals surface area contributed by atoms with Gasteiger partial charge in [-0.3, -0.25) is 53.5 Å². The number of aromatic amines is 1. The molecule has 3 saturated heterocycles. The van der Waals surface area contributed by atoms with Gasteiger partial charge in [-0.15, -0.1) is 0 Å². The monoisotopic (exact) mass is 1160 g/mol. The summed E-state index contributed by atoms with van der Waals surface area (Å²) in [5, 5.41) is 7.52. The van der Waals surface area contributed by atoms with Gasteiger partial charge in [0.15, 0.2) is 0 Å². The Morgan fingerprint density at radius 2 is 1.46 bits per heavy atom. The minimum Gasteiger partial charge on any atom is -0.379 e. The van der Waals surface area contributed by atoms with Crippen LogP contribution in [0.25, 0.3) is 11.1 Å². The summed E-state index contributed by atoms with van der Waals surface area (Å²) in [5.74, 6) is -3.84. The number of piperazine rings is 2. The van der Waals surface area contributed by atoms with Crippen LogP contribution in [0.15, 0.2) is 65.7 Å². The summed E-state index contributed by atoms with van der Waals surface area (Å²) in [7, 11) is 1.96. The van der Waals surface area contributed by atoms with Crippen molar-refractivity contribution in [1.82, 2.24) is 35.3 Å². The van der Waals surface area contributed by atoms with Gasteiger partial charge in [-0.05, 0) is 76.1 Å². The van der Waals surface area contributed by atoms with Crippen LogP contribution in [0.2, 0.25) is 0 Å². The van der Waals surface area contributed by atoms with E-state index in [1.54, 1.807) is 35.2 Å². The Morgan fingerprint density at radius 1 is 0.783 bits per heavy atom. The number of aromatic nitrogens is 2. The Hall–Kier alpha value is -7.65. The summed E-state index contributed by atoms with van der Waals surface area (Å²) in [6.07, 6.45) is -1.61. The molecule has 4 aliphatic heterocycles. The van der Waals surface area contributed by atoms with Gasteiger partial charge in [0.2, 0.25) is 29.2 Å². The largest absolute Gasteiger partial charge is 0.417 e. The molecule has 0 saturated carbocycles. The number of benzene rings is 2. The Morgan fingerprint density at radius 3 is 2.11 bits per heavy atom. The van der Waals surface area contributed by atoms with E-state index >= 15 is 4.39 Å². The van der Waals surface area contributed by atoms with Crippen LogP contribution in [0.4, 0.5) is 34.8 Å². The number of aryl methyl sites for hydroxylation is 1. The number of amides is 7. The summed E-state index contributed by atoms with van der Waals surface area (Å²) in [6.45, 7) is 9.38. The van der Waals surface area contributed by atoms with Crippen molar-refractivity contribution in [3.05, 3.63) is 105 Å². The highest BCUT2D eigenvalue weighted by Gasteiger charge is 2.45. The van der Waals surface area contributed by atoms with Crippen LogP contribution in [-0.4, -0.2) is 190 Å². The maximum Gasteiger partial charge on any atom is 0.417 e. The van der Waals surface area contributed by atoms with Crippen LogP contribution in [0.5, 0.6) is 0 Å². The Bertz CT molecular complexity index is 3070. The third kappa shape index (κ3) is 15.5. The molecule has 4 N–H and O–H groups in total. The van der Waals surface area contributed by atoms with Gasteiger partial charge < -0.3 is 49.3 Å². The lowest BCUT2D eigenvalue weighted by molar-refractivity contribution is -0.138. The maximum atomic E-state index is 16.2. The molecule has 83 heavy (non-hydrogen) atoms. The number of anilines is 3. The molecule has 0 spiro atoms. The zero-order valence-electron chi connectivity index (χ0n) is 46.4. The van der Waals surface area contributed by atoms with Gasteiger partial charge in [0.1, 0.15) is 17.7 Å². The fourth-order valence-corrected chi connectivity index (χ4v) is 10.4. The van der Waals surface area contributed by atoms with Crippen molar-refractivity contribution in [2.45, 2.75) is 76.7 Å². The second-order valence-electron chi connectivity index (χ2n) is 20.7. The first-order chi connectivity index (χ1) is 39.8. The fourth-order valence-electron chi connectivity index (χ4n) is 10.4. The molecular weight excluding hydrogens is 1090 g/mol. The number of nitrogens with one attached hydrogen (secondary N) is 4. The first-order valence-corrected chi connectivity index (χ1v) is 27.6. The van der Waals surface area contributed by atoms with Gasteiger partial charge in [-0.2, -0.15) is 13.2 Å². The number of piperidine rings is 1. The number of imide groups is 2. The lowest BCUT2D eigenvalue weighted by Crippen LogP contribution is -2.55. The molecule has 2 aromatic carbocycles. The Labute approximate surface area is 476 Å².